The molecule has 16 heavy (non-hydrogen) atoms. The van der Waals surface area contributed by atoms with Crippen molar-refractivity contribution < 1.29 is 8.78 Å². The molecule has 0 radical (unpaired) electrons. The lowest BCUT2D eigenvalue weighted by Gasteiger charge is -2.31. The van der Waals surface area contributed by atoms with Crippen LogP contribution in [0.2, 0.25) is 0 Å². The number of hydrogen-bond acceptors (Lipinski definition) is 3. The maximum Gasteiger partial charge on any atom is 0.251 e. The van der Waals surface area contributed by atoms with Gasteiger partial charge in [-0.05, 0) is 12.8 Å². The molecular formula is C10H16F2N4. The third-order valence-corrected chi connectivity index (χ3v) is 2.95. The Kier molecular flexibility index (Phi) is 3.38. The molecule has 2 N–H and O–H groups in total. The average Bonchev–Trinajstić information content (AvgIpc) is 2.65. The van der Waals surface area contributed by atoms with Crippen molar-refractivity contribution >= 4 is 5.69 Å². The van der Waals surface area contributed by atoms with Crippen LogP contribution in [-0.4, -0.2) is 40.7 Å². The lowest BCUT2D eigenvalue weighted by molar-refractivity contribution is 0.0690. The molecule has 0 atom stereocenters. The number of alkyl halides is 2. The van der Waals surface area contributed by atoms with Crippen molar-refractivity contribution in [3.8, 4) is 0 Å². The van der Waals surface area contributed by atoms with Gasteiger partial charge in [0.25, 0.3) is 6.43 Å². The molecule has 0 saturated carbocycles. The van der Waals surface area contributed by atoms with E-state index >= 15 is 0 Å². The Morgan fingerprint density at radius 1 is 1.44 bits per heavy atom. The van der Waals surface area contributed by atoms with Gasteiger partial charge < -0.3 is 5.73 Å². The minimum absolute atomic E-state index is 0.117. The summed E-state index contributed by atoms with van der Waals surface area (Å²) in [5.41, 5.74) is 6.23. The van der Waals surface area contributed by atoms with E-state index in [0.717, 1.165) is 12.8 Å². The molecule has 2 heterocycles. The molecule has 1 aromatic heterocycles. The van der Waals surface area contributed by atoms with E-state index < -0.39 is 6.43 Å². The van der Waals surface area contributed by atoms with Gasteiger partial charge in [-0.2, -0.15) is 5.10 Å². The lowest BCUT2D eigenvalue weighted by atomic mass is 10.1. The molecule has 0 amide bonds. The zero-order chi connectivity index (χ0) is 11.5. The van der Waals surface area contributed by atoms with Crippen molar-refractivity contribution in [1.29, 1.82) is 0 Å². The number of aromatic nitrogens is 2. The Balaban J connectivity index is 1.85. The second-order valence-electron chi connectivity index (χ2n) is 4.18. The van der Waals surface area contributed by atoms with E-state index in [1.54, 1.807) is 17.3 Å². The van der Waals surface area contributed by atoms with Crippen LogP contribution in [0.4, 0.5) is 14.5 Å². The third kappa shape index (κ3) is 2.69. The number of nitrogens with zero attached hydrogens (tertiary/aromatic N) is 3. The van der Waals surface area contributed by atoms with Gasteiger partial charge >= 0.3 is 0 Å². The molecule has 0 unspecified atom stereocenters. The minimum Gasteiger partial charge on any atom is -0.396 e. The first-order valence-electron chi connectivity index (χ1n) is 5.45. The highest BCUT2D eigenvalue weighted by molar-refractivity contribution is 5.30. The average molecular weight is 230 g/mol. The van der Waals surface area contributed by atoms with Gasteiger partial charge in [0.05, 0.1) is 24.5 Å². The van der Waals surface area contributed by atoms with E-state index in [1.807, 2.05) is 4.68 Å². The van der Waals surface area contributed by atoms with Crippen molar-refractivity contribution in [2.24, 2.45) is 0 Å². The summed E-state index contributed by atoms with van der Waals surface area (Å²) in [4.78, 5) is 1.80. The Morgan fingerprint density at radius 2 is 2.12 bits per heavy atom. The first-order chi connectivity index (χ1) is 7.65. The van der Waals surface area contributed by atoms with Crippen LogP contribution in [0.1, 0.15) is 18.9 Å². The maximum absolute atomic E-state index is 12.2. The molecular weight excluding hydrogens is 214 g/mol. The monoisotopic (exact) mass is 230 g/mol. The molecule has 1 aromatic rings. The zero-order valence-electron chi connectivity index (χ0n) is 9.02. The van der Waals surface area contributed by atoms with E-state index in [0.29, 0.717) is 24.8 Å². The smallest absolute Gasteiger partial charge is 0.251 e. The molecule has 1 aliphatic heterocycles. The summed E-state index contributed by atoms with van der Waals surface area (Å²) < 4.78 is 26.2. The number of rotatable bonds is 3. The second-order valence-corrected chi connectivity index (χ2v) is 4.18. The highest BCUT2D eigenvalue weighted by Crippen LogP contribution is 2.22. The number of nitrogen functional groups attached to an aromatic ring is 1. The Labute approximate surface area is 93.0 Å². The van der Waals surface area contributed by atoms with Crippen molar-refractivity contribution in [3.63, 3.8) is 0 Å². The normalized spacial score (nSPS) is 19.4. The standard InChI is InChI=1S/C10H16F2N4/c11-10(12)7-15-3-1-9(2-4-15)16-6-8(13)5-14-16/h5-6,9-10H,1-4,7,13H2. The van der Waals surface area contributed by atoms with Gasteiger partial charge in [-0.1, -0.05) is 0 Å². The van der Waals surface area contributed by atoms with Crippen LogP contribution in [0, 0.1) is 0 Å². The topological polar surface area (TPSA) is 47.1 Å². The highest BCUT2D eigenvalue weighted by atomic mass is 19.3. The number of halogens is 2. The van der Waals surface area contributed by atoms with E-state index in [4.69, 9.17) is 5.73 Å². The van der Waals surface area contributed by atoms with Crippen LogP contribution < -0.4 is 5.73 Å². The van der Waals surface area contributed by atoms with Crippen LogP contribution in [-0.2, 0) is 0 Å². The van der Waals surface area contributed by atoms with E-state index in [9.17, 15) is 8.78 Å². The van der Waals surface area contributed by atoms with Crippen molar-refractivity contribution in [2.45, 2.75) is 25.3 Å². The summed E-state index contributed by atoms with van der Waals surface area (Å²) in [5.74, 6) is 0. The molecule has 0 aliphatic carbocycles. The van der Waals surface area contributed by atoms with Crippen LogP contribution in [0.5, 0.6) is 0 Å². The summed E-state index contributed by atoms with van der Waals surface area (Å²) in [5, 5.41) is 4.15. The first kappa shape index (κ1) is 11.3. The molecule has 1 fully saturated rings. The molecule has 1 aliphatic rings. The van der Waals surface area contributed by atoms with Gasteiger partial charge in [-0.25, -0.2) is 8.78 Å². The fraction of sp³-hybridized carbons (Fsp3) is 0.700. The number of likely N-dealkylation sites (tertiary alicyclic amines) is 1. The fourth-order valence-corrected chi connectivity index (χ4v) is 2.11. The van der Waals surface area contributed by atoms with E-state index in [1.165, 1.54) is 0 Å². The van der Waals surface area contributed by atoms with E-state index in [2.05, 4.69) is 5.10 Å². The van der Waals surface area contributed by atoms with Crippen molar-refractivity contribution in [2.75, 3.05) is 25.4 Å². The van der Waals surface area contributed by atoms with Crippen LogP contribution in [0.15, 0.2) is 12.4 Å². The van der Waals surface area contributed by atoms with Crippen LogP contribution in [0.3, 0.4) is 0 Å². The van der Waals surface area contributed by atoms with Gasteiger partial charge in [0.15, 0.2) is 0 Å². The molecule has 0 aromatic carbocycles. The summed E-state index contributed by atoms with van der Waals surface area (Å²) in [6.45, 7) is 1.29. The van der Waals surface area contributed by atoms with Crippen LogP contribution in [0.25, 0.3) is 0 Å². The molecule has 90 valence electrons. The van der Waals surface area contributed by atoms with E-state index in [-0.39, 0.29) is 6.54 Å². The second kappa shape index (κ2) is 4.78. The van der Waals surface area contributed by atoms with Crippen molar-refractivity contribution in [1.82, 2.24) is 14.7 Å². The first-order valence-corrected chi connectivity index (χ1v) is 5.45. The van der Waals surface area contributed by atoms with Crippen molar-refractivity contribution in [3.05, 3.63) is 12.4 Å². The summed E-state index contributed by atoms with van der Waals surface area (Å²) in [6.07, 6.45) is 2.89. The predicted octanol–water partition coefficient (Wildman–Crippen LogP) is 1.37. The third-order valence-electron chi connectivity index (χ3n) is 2.95. The molecule has 0 bridgehead atoms. The van der Waals surface area contributed by atoms with Gasteiger partial charge in [0, 0.05) is 19.3 Å². The SMILES string of the molecule is Nc1cnn(C2CCN(CC(F)F)CC2)c1. The minimum atomic E-state index is -2.24. The summed E-state index contributed by atoms with van der Waals surface area (Å²) in [6, 6.07) is 0.297. The highest BCUT2D eigenvalue weighted by Gasteiger charge is 2.22. The number of anilines is 1. The maximum atomic E-state index is 12.2. The molecule has 4 nitrogen and oxygen atoms in total. The Hall–Kier alpha value is -1.17. The van der Waals surface area contributed by atoms with Gasteiger partial charge in [-0.3, -0.25) is 9.58 Å². The van der Waals surface area contributed by atoms with Gasteiger partial charge in [0.2, 0.25) is 0 Å². The largest absolute Gasteiger partial charge is 0.396 e. The molecule has 2 rings (SSSR count). The summed E-state index contributed by atoms with van der Waals surface area (Å²) in [7, 11) is 0. The Morgan fingerprint density at radius 3 is 2.62 bits per heavy atom. The number of piperidine rings is 1. The molecule has 6 heteroatoms. The Bertz CT molecular complexity index is 331. The number of nitrogens with two attached hydrogens (primary N) is 1. The predicted molar refractivity (Wildman–Crippen MR) is 57.4 cm³/mol. The summed E-state index contributed by atoms with van der Waals surface area (Å²) >= 11 is 0. The van der Waals surface area contributed by atoms with Crippen LogP contribution >= 0.6 is 0 Å². The van der Waals surface area contributed by atoms with Gasteiger partial charge in [0.1, 0.15) is 0 Å². The molecule has 0 spiro atoms. The lowest BCUT2D eigenvalue weighted by Crippen LogP contribution is -2.37. The molecule has 1 saturated heterocycles. The zero-order valence-corrected chi connectivity index (χ0v) is 9.02. The van der Waals surface area contributed by atoms with Gasteiger partial charge in [-0.15, -0.1) is 0 Å². The quantitative estimate of drug-likeness (QED) is 0.853. The number of hydrogen-bond donors (Lipinski definition) is 1. The fourth-order valence-electron chi connectivity index (χ4n) is 2.11.